The van der Waals surface area contributed by atoms with E-state index in [1.54, 1.807) is 0 Å². The maximum atomic E-state index is 12.6. The highest BCUT2D eigenvalue weighted by molar-refractivity contribution is 7.83. The Balaban J connectivity index is 2.67. The topological polar surface area (TPSA) is 57.6 Å². The highest BCUT2D eigenvalue weighted by Crippen LogP contribution is 2.37. The van der Waals surface area contributed by atoms with Crippen molar-refractivity contribution in [2.24, 2.45) is 0 Å². The molecule has 0 aromatic rings. The highest BCUT2D eigenvalue weighted by Gasteiger charge is 2.43. The lowest BCUT2D eigenvalue weighted by atomic mass is 10.2. The first-order chi connectivity index (χ1) is 5.72. The van der Waals surface area contributed by atoms with Gasteiger partial charge in [-0.3, -0.25) is 4.55 Å². The Morgan fingerprint density at radius 3 is 2.38 bits per heavy atom. The van der Waals surface area contributed by atoms with Gasteiger partial charge in [-0.15, -0.1) is 0 Å². The van der Waals surface area contributed by atoms with E-state index in [0.29, 0.717) is 4.31 Å². The van der Waals surface area contributed by atoms with Crippen molar-refractivity contribution >= 4 is 10.3 Å². The number of hydrogen-bond donors (Lipinski definition) is 1. The number of hydrogen-bond acceptors (Lipinski definition) is 2. The molecule has 1 atom stereocenters. The molecule has 13 heavy (non-hydrogen) atoms. The van der Waals surface area contributed by atoms with E-state index in [4.69, 9.17) is 4.55 Å². The minimum Gasteiger partial charge on any atom is -0.273 e. The largest absolute Gasteiger partial charge is 0.335 e. The molecular formula is C6H11F2NO3S. The molecule has 0 aromatic heterocycles. The molecule has 0 heterocycles. The van der Waals surface area contributed by atoms with Gasteiger partial charge in [0, 0.05) is 25.9 Å². The van der Waals surface area contributed by atoms with Crippen molar-refractivity contribution in [2.45, 2.75) is 31.2 Å². The highest BCUT2D eigenvalue weighted by atomic mass is 32.2. The van der Waals surface area contributed by atoms with Gasteiger partial charge in [0.2, 0.25) is 5.92 Å². The maximum absolute atomic E-state index is 12.6. The third kappa shape index (κ3) is 2.58. The van der Waals surface area contributed by atoms with Gasteiger partial charge in [0.05, 0.1) is 0 Å². The predicted molar refractivity (Wildman–Crippen MR) is 41.9 cm³/mol. The molecule has 0 aliphatic heterocycles. The molecule has 0 spiro atoms. The SMILES string of the molecule is CN(C1CCC(F)(F)C1)S(=O)(=O)O. The Morgan fingerprint density at radius 2 is 2.08 bits per heavy atom. The molecule has 0 amide bonds. The molecule has 1 fully saturated rings. The van der Waals surface area contributed by atoms with E-state index in [1.807, 2.05) is 0 Å². The third-order valence-electron chi connectivity index (χ3n) is 2.26. The summed E-state index contributed by atoms with van der Waals surface area (Å²) in [6.07, 6.45) is -0.746. The van der Waals surface area contributed by atoms with Crippen molar-refractivity contribution in [1.29, 1.82) is 0 Å². The number of halogens is 2. The van der Waals surface area contributed by atoms with Crippen molar-refractivity contribution < 1.29 is 21.8 Å². The second kappa shape index (κ2) is 3.14. The second-order valence-corrected chi connectivity index (χ2v) is 4.72. The van der Waals surface area contributed by atoms with Crippen LogP contribution in [0.5, 0.6) is 0 Å². The van der Waals surface area contributed by atoms with Crippen LogP contribution in [0.1, 0.15) is 19.3 Å². The van der Waals surface area contributed by atoms with E-state index in [-0.39, 0.29) is 12.8 Å². The summed E-state index contributed by atoms with van der Waals surface area (Å²) >= 11 is 0. The molecule has 7 heteroatoms. The molecule has 4 nitrogen and oxygen atoms in total. The fourth-order valence-electron chi connectivity index (χ4n) is 1.43. The van der Waals surface area contributed by atoms with E-state index in [9.17, 15) is 17.2 Å². The fraction of sp³-hybridized carbons (Fsp3) is 1.00. The van der Waals surface area contributed by atoms with Crippen LogP contribution in [0.15, 0.2) is 0 Å². The number of rotatable bonds is 2. The Labute approximate surface area is 75.4 Å². The van der Waals surface area contributed by atoms with E-state index in [2.05, 4.69) is 0 Å². The van der Waals surface area contributed by atoms with Crippen LogP contribution in [-0.2, 0) is 10.3 Å². The first kappa shape index (κ1) is 10.8. The van der Waals surface area contributed by atoms with Gasteiger partial charge in [-0.1, -0.05) is 0 Å². The summed E-state index contributed by atoms with van der Waals surface area (Å²) in [5.41, 5.74) is 0. The Kier molecular flexibility index (Phi) is 2.61. The molecule has 1 aliphatic rings. The van der Waals surface area contributed by atoms with E-state index >= 15 is 0 Å². The van der Waals surface area contributed by atoms with Crippen molar-refractivity contribution in [2.75, 3.05) is 7.05 Å². The number of nitrogens with zero attached hydrogens (tertiary/aromatic N) is 1. The Bertz CT molecular complexity index is 290. The quantitative estimate of drug-likeness (QED) is 0.696. The van der Waals surface area contributed by atoms with Crippen molar-refractivity contribution in [3.63, 3.8) is 0 Å². The number of alkyl halides is 2. The van der Waals surface area contributed by atoms with Gasteiger partial charge >= 0.3 is 10.3 Å². The lowest BCUT2D eigenvalue weighted by Crippen LogP contribution is -2.35. The van der Waals surface area contributed by atoms with Crippen molar-refractivity contribution in [3.05, 3.63) is 0 Å². The van der Waals surface area contributed by atoms with Crippen molar-refractivity contribution in [3.8, 4) is 0 Å². The molecule has 1 N–H and O–H groups in total. The van der Waals surface area contributed by atoms with E-state index in [1.165, 1.54) is 0 Å². The molecule has 0 radical (unpaired) electrons. The molecule has 0 bridgehead atoms. The molecule has 78 valence electrons. The molecular weight excluding hydrogens is 204 g/mol. The Hall–Kier alpha value is -0.270. The summed E-state index contributed by atoms with van der Waals surface area (Å²) < 4.78 is 55.6. The van der Waals surface area contributed by atoms with E-state index < -0.39 is 28.7 Å². The van der Waals surface area contributed by atoms with Crippen molar-refractivity contribution in [1.82, 2.24) is 4.31 Å². The second-order valence-electron chi connectivity index (χ2n) is 3.25. The normalized spacial score (nSPS) is 28.2. The van der Waals surface area contributed by atoms with Gasteiger partial charge < -0.3 is 0 Å². The third-order valence-corrected chi connectivity index (χ3v) is 3.28. The summed E-state index contributed by atoms with van der Waals surface area (Å²) in [5.74, 6) is -2.80. The van der Waals surface area contributed by atoms with Crippen LogP contribution in [-0.4, -0.2) is 36.3 Å². The minimum absolute atomic E-state index is 0.0866. The Morgan fingerprint density at radius 1 is 1.54 bits per heavy atom. The zero-order chi connectivity index (χ0) is 10.3. The van der Waals surface area contributed by atoms with Crippen LogP contribution < -0.4 is 0 Å². The summed E-state index contributed by atoms with van der Waals surface area (Å²) in [5, 5.41) is 0. The zero-order valence-corrected chi connectivity index (χ0v) is 7.89. The maximum Gasteiger partial charge on any atom is 0.335 e. The summed E-state index contributed by atoms with van der Waals surface area (Å²) in [7, 11) is -3.24. The predicted octanol–water partition coefficient (Wildman–Crippen LogP) is 0.909. The molecule has 1 rings (SSSR count). The van der Waals surface area contributed by atoms with Crippen LogP contribution in [0, 0.1) is 0 Å². The zero-order valence-electron chi connectivity index (χ0n) is 7.07. The van der Waals surface area contributed by atoms with Gasteiger partial charge in [-0.25, -0.2) is 8.78 Å². The van der Waals surface area contributed by atoms with Crippen LogP contribution in [0.2, 0.25) is 0 Å². The molecule has 0 saturated heterocycles. The van der Waals surface area contributed by atoms with Gasteiger partial charge in [-0.05, 0) is 6.42 Å². The van der Waals surface area contributed by atoms with Gasteiger partial charge in [0.1, 0.15) is 0 Å². The summed E-state index contributed by atoms with van der Waals surface area (Å²) in [6.45, 7) is 0. The monoisotopic (exact) mass is 215 g/mol. The lowest BCUT2D eigenvalue weighted by Gasteiger charge is -2.19. The summed E-state index contributed by atoms with van der Waals surface area (Å²) in [6, 6.07) is -0.787. The van der Waals surface area contributed by atoms with E-state index in [0.717, 1.165) is 7.05 Å². The van der Waals surface area contributed by atoms with Crippen LogP contribution in [0.25, 0.3) is 0 Å². The van der Waals surface area contributed by atoms with Crippen LogP contribution >= 0.6 is 0 Å². The van der Waals surface area contributed by atoms with Gasteiger partial charge in [0.15, 0.2) is 0 Å². The minimum atomic E-state index is -4.34. The van der Waals surface area contributed by atoms with Gasteiger partial charge in [0.25, 0.3) is 0 Å². The van der Waals surface area contributed by atoms with Crippen LogP contribution in [0.4, 0.5) is 8.78 Å². The van der Waals surface area contributed by atoms with Crippen LogP contribution in [0.3, 0.4) is 0 Å². The molecule has 0 aromatic carbocycles. The molecule has 1 saturated carbocycles. The first-order valence-corrected chi connectivity index (χ1v) is 5.20. The lowest BCUT2D eigenvalue weighted by molar-refractivity contribution is 0.00482. The average molecular weight is 215 g/mol. The first-order valence-electron chi connectivity index (χ1n) is 3.81. The standard InChI is InChI=1S/C6H11F2NO3S/c1-9(13(10,11)12)5-2-3-6(7,8)4-5/h5H,2-4H2,1H3,(H,10,11,12). The molecule has 1 unspecified atom stereocenters. The fourth-order valence-corrected chi connectivity index (χ4v) is 1.98. The average Bonchev–Trinajstić information content (AvgIpc) is 2.26. The smallest absolute Gasteiger partial charge is 0.273 e. The molecule has 1 aliphatic carbocycles. The summed E-state index contributed by atoms with van der Waals surface area (Å²) in [4.78, 5) is 0. The van der Waals surface area contributed by atoms with Gasteiger partial charge in [-0.2, -0.15) is 12.7 Å².